The Kier molecular flexibility index (Phi) is 1.23. The zero-order valence-corrected chi connectivity index (χ0v) is 5.62. The Labute approximate surface area is 52.8 Å². The van der Waals surface area contributed by atoms with Gasteiger partial charge in [-0.25, -0.2) is 0 Å². The van der Waals surface area contributed by atoms with Crippen molar-refractivity contribution in [2.75, 3.05) is 5.75 Å². The molecule has 1 unspecified atom stereocenters. The van der Waals surface area contributed by atoms with Crippen LogP contribution in [-0.2, 0) is 4.79 Å². The molecular formula is C5H9NOS. The maximum atomic E-state index is 10.5. The fourth-order valence-corrected chi connectivity index (χ4v) is 1.56. The molecule has 1 saturated heterocycles. The molecule has 0 spiro atoms. The Balaban J connectivity index is 2.53. The molecule has 0 aromatic heterocycles. The smallest absolute Gasteiger partial charge is 0.233 e. The summed E-state index contributed by atoms with van der Waals surface area (Å²) in [6.45, 7) is 1.89. The Hall–Kier alpha value is -0.180. The van der Waals surface area contributed by atoms with E-state index in [2.05, 4.69) is 0 Å². The number of thioether (sulfide) groups is 1. The second-order valence-electron chi connectivity index (χ2n) is 2.19. The topological polar surface area (TPSA) is 43.1 Å². The van der Waals surface area contributed by atoms with E-state index in [4.69, 9.17) is 5.73 Å². The molecule has 1 heterocycles. The molecule has 1 amide bonds. The Bertz CT molecular complexity index is 120. The van der Waals surface area contributed by atoms with Crippen molar-refractivity contribution < 1.29 is 4.79 Å². The Morgan fingerprint density at radius 3 is 2.38 bits per heavy atom. The van der Waals surface area contributed by atoms with Crippen molar-refractivity contribution in [1.82, 2.24) is 0 Å². The van der Waals surface area contributed by atoms with Gasteiger partial charge in [0.05, 0.1) is 4.75 Å². The predicted molar refractivity (Wildman–Crippen MR) is 34.7 cm³/mol. The molecule has 2 N–H and O–H groups in total. The summed E-state index contributed by atoms with van der Waals surface area (Å²) in [5.74, 6) is 0.910. The van der Waals surface area contributed by atoms with Crippen molar-refractivity contribution in [3.63, 3.8) is 0 Å². The maximum absolute atomic E-state index is 10.5. The molecule has 1 rings (SSSR count). The highest BCUT2D eigenvalue weighted by Crippen LogP contribution is 2.39. The fraction of sp³-hybridized carbons (Fsp3) is 0.800. The molecule has 0 aliphatic carbocycles. The minimum Gasteiger partial charge on any atom is -0.368 e. The quantitative estimate of drug-likeness (QED) is 0.558. The third-order valence-electron chi connectivity index (χ3n) is 1.52. The van der Waals surface area contributed by atoms with Gasteiger partial charge in [-0.3, -0.25) is 4.79 Å². The van der Waals surface area contributed by atoms with Crippen molar-refractivity contribution in [3.05, 3.63) is 0 Å². The molecule has 0 aromatic rings. The van der Waals surface area contributed by atoms with Crippen molar-refractivity contribution in [2.45, 2.75) is 18.1 Å². The maximum Gasteiger partial charge on any atom is 0.233 e. The minimum atomic E-state index is -0.222. The van der Waals surface area contributed by atoms with Crippen LogP contribution in [0.15, 0.2) is 0 Å². The summed E-state index contributed by atoms with van der Waals surface area (Å²) in [5, 5.41) is 0. The van der Waals surface area contributed by atoms with Crippen LogP contribution in [0.4, 0.5) is 0 Å². The van der Waals surface area contributed by atoms with E-state index in [0.29, 0.717) is 0 Å². The van der Waals surface area contributed by atoms with Crippen molar-refractivity contribution >= 4 is 17.7 Å². The van der Waals surface area contributed by atoms with Crippen LogP contribution in [0.3, 0.4) is 0 Å². The molecule has 1 fully saturated rings. The predicted octanol–water partition coefficient (Wildman–Crippen LogP) is 0.367. The van der Waals surface area contributed by atoms with Crippen molar-refractivity contribution in [1.29, 1.82) is 0 Å². The summed E-state index contributed by atoms with van der Waals surface area (Å²) in [4.78, 5) is 10.5. The van der Waals surface area contributed by atoms with Gasteiger partial charge in [0, 0.05) is 0 Å². The lowest BCUT2D eigenvalue weighted by Crippen LogP contribution is -2.44. The van der Waals surface area contributed by atoms with Gasteiger partial charge in [0.25, 0.3) is 0 Å². The monoisotopic (exact) mass is 131 g/mol. The molecule has 1 atom stereocenters. The zero-order chi connectivity index (χ0) is 6.20. The van der Waals surface area contributed by atoms with Crippen LogP contribution in [0.2, 0.25) is 0 Å². The highest BCUT2D eigenvalue weighted by Gasteiger charge is 2.38. The van der Waals surface area contributed by atoms with Gasteiger partial charge in [-0.05, 0) is 19.1 Å². The van der Waals surface area contributed by atoms with Crippen molar-refractivity contribution in [2.24, 2.45) is 5.73 Å². The number of hydrogen-bond donors (Lipinski definition) is 1. The van der Waals surface area contributed by atoms with E-state index in [1.165, 1.54) is 0 Å². The van der Waals surface area contributed by atoms with E-state index in [1.54, 1.807) is 11.8 Å². The average Bonchev–Trinajstić information content (AvgIpc) is 1.60. The van der Waals surface area contributed by atoms with E-state index in [9.17, 15) is 4.79 Å². The molecule has 1 aliphatic heterocycles. The standard InChI is InChI=1S/C5H9NOS/c1-5(4(6)7)2-3-8-5/h2-3H2,1H3,(H2,6,7). The number of carbonyl (C=O) groups excluding carboxylic acids is 1. The van der Waals surface area contributed by atoms with Crippen LogP contribution in [0, 0.1) is 0 Å². The van der Waals surface area contributed by atoms with Crippen LogP contribution in [0.25, 0.3) is 0 Å². The second-order valence-corrected chi connectivity index (χ2v) is 3.79. The van der Waals surface area contributed by atoms with E-state index >= 15 is 0 Å². The number of hydrogen-bond acceptors (Lipinski definition) is 2. The number of amides is 1. The molecule has 0 radical (unpaired) electrons. The van der Waals surface area contributed by atoms with Gasteiger partial charge >= 0.3 is 0 Å². The first-order chi connectivity index (χ1) is 3.65. The van der Waals surface area contributed by atoms with Gasteiger partial charge in [0.15, 0.2) is 0 Å². The van der Waals surface area contributed by atoms with E-state index in [0.717, 1.165) is 12.2 Å². The van der Waals surface area contributed by atoms with E-state index in [-0.39, 0.29) is 10.7 Å². The first-order valence-corrected chi connectivity index (χ1v) is 3.57. The first-order valence-electron chi connectivity index (χ1n) is 2.59. The van der Waals surface area contributed by atoms with Crippen LogP contribution >= 0.6 is 11.8 Å². The third kappa shape index (κ3) is 0.708. The minimum absolute atomic E-state index is 0.172. The van der Waals surface area contributed by atoms with E-state index < -0.39 is 0 Å². The molecule has 3 heteroatoms. The van der Waals surface area contributed by atoms with Gasteiger partial charge in [0.1, 0.15) is 0 Å². The van der Waals surface area contributed by atoms with Gasteiger partial charge in [0.2, 0.25) is 5.91 Å². The summed E-state index contributed by atoms with van der Waals surface area (Å²) in [5.41, 5.74) is 5.07. The molecular weight excluding hydrogens is 122 g/mol. The zero-order valence-electron chi connectivity index (χ0n) is 4.81. The second kappa shape index (κ2) is 1.65. The van der Waals surface area contributed by atoms with Gasteiger partial charge in [-0.1, -0.05) is 0 Å². The summed E-state index contributed by atoms with van der Waals surface area (Å²) >= 11 is 1.64. The van der Waals surface area contributed by atoms with Crippen molar-refractivity contribution in [3.8, 4) is 0 Å². The van der Waals surface area contributed by atoms with Crippen LogP contribution in [0.5, 0.6) is 0 Å². The molecule has 0 bridgehead atoms. The Morgan fingerprint density at radius 2 is 2.38 bits per heavy atom. The lowest BCUT2D eigenvalue weighted by Gasteiger charge is -2.33. The van der Waals surface area contributed by atoms with Gasteiger partial charge < -0.3 is 5.73 Å². The average molecular weight is 131 g/mol. The van der Waals surface area contributed by atoms with E-state index in [1.807, 2.05) is 6.92 Å². The van der Waals surface area contributed by atoms with Crippen LogP contribution in [-0.4, -0.2) is 16.4 Å². The summed E-state index contributed by atoms with van der Waals surface area (Å²) < 4.78 is -0.222. The molecule has 0 saturated carbocycles. The molecule has 46 valence electrons. The number of nitrogens with two attached hydrogens (primary N) is 1. The van der Waals surface area contributed by atoms with Crippen LogP contribution < -0.4 is 5.73 Å². The third-order valence-corrected chi connectivity index (χ3v) is 2.97. The molecule has 8 heavy (non-hydrogen) atoms. The highest BCUT2D eigenvalue weighted by atomic mass is 32.2. The lowest BCUT2D eigenvalue weighted by atomic mass is 10.1. The lowest BCUT2D eigenvalue weighted by molar-refractivity contribution is -0.120. The molecule has 1 aliphatic rings. The normalized spacial score (nSPS) is 36.1. The van der Waals surface area contributed by atoms with Gasteiger partial charge in [-0.15, -0.1) is 11.8 Å². The number of primary amides is 1. The summed E-state index contributed by atoms with van der Waals surface area (Å²) in [6.07, 6.45) is 0.951. The summed E-state index contributed by atoms with van der Waals surface area (Å²) in [7, 11) is 0. The SMILES string of the molecule is CC1(C(N)=O)CCS1. The fourth-order valence-electron chi connectivity index (χ4n) is 0.603. The number of rotatable bonds is 1. The summed E-state index contributed by atoms with van der Waals surface area (Å²) in [6, 6.07) is 0. The highest BCUT2D eigenvalue weighted by molar-refractivity contribution is 8.02. The molecule has 2 nitrogen and oxygen atoms in total. The molecule has 0 aromatic carbocycles. The number of carbonyl (C=O) groups is 1. The Morgan fingerprint density at radius 1 is 1.88 bits per heavy atom. The largest absolute Gasteiger partial charge is 0.368 e. The van der Waals surface area contributed by atoms with Crippen LogP contribution in [0.1, 0.15) is 13.3 Å². The first kappa shape index (κ1) is 5.95. The van der Waals surface area contributed by atoms with Gasteiger partial charge in [-0.2, -0.15) is 0 Å².